The largest absolute Gasteiger partial charge is 0.469 e. The Labute approximate surface area is 109 Å². The van der Waals surface area contributed by atoms with E-state index in [-0.39, 0.29) is 17.9 Å². The van der Waals surface area contributed by atoms with Gasteiger partial charge in [-0.3, -0.25) is 4.79 Å². The molecule has 0 saturated carbocycles. The summed E-state index contributed by atoms with van der Waals surface area (Å²) in [7, 11) is 2.71. The maximum Gasteiger partial charge on any atom is 0.333 e. The van der Waals surface area contributed by atoms with Crippen LogP contribution in [0.25, 0.3) is 0 Å². The summed E-state index contributed by atoms with van der Waals surface area (Å²) in [4.78, 5) is 23.2. The second-order valence-electron chi connectivity index (χ2n) is 4.70. The quantitative estimate of drug-likeness (QED) is 0.519. The molecule has 4 heteroatoms. The van der Waals surface area contributed by atoms with Crippen molar-refractivity contribution in [3.63, 3.8) is 0 Å². The van der Waals surface area contributed by atoms with Gasteiger partial charge in [0.05, 0.1) is 20.1 Å². The van der Waals surface area contributed by atoms with E-state index >= 15 is 0 Å². The number of hydrogen-bond acceptors (Lipinski definition) is 4. The highest BCUT2D eigenvalue weighted by Gasteiger charge is 2.23. The molecule has 104 valence electrons. The summed E-state index contributed by atoms with van der Waals surface area (Å²) in [6, 6.07) is 0. The molecule has 0 radical (unpaired) electrons. The van der Waals surface area contributed by atoms with E-state index < -0.39 is 0 Å². The van der Waals surface area contributed by atoms with Crippen molar-refractivity contribution in [1.82, 2.24) is 0 Å². The van der Waals surface area contributed by atoms with Gasteiger partial charge in [-0.05, 0) is 25.7 Å². The molecule has 18 heavy (non-hydrogen) atoms. The summed E-state index contributed by atoms with van der Waals surface area (Å²) in [5, 5.41) is 0. The minimum absolute atomic E-state index is 0.265. The van der Waals surface area contributed by atoms with Crippen LogP contribution in [0.3, 0.4) is 0 Å². The fourth-order valence-corrected chi connectivity index (χ4v) is 1.72. The molecule has 0 aromatic rings. The average molecular weight is 256 g/mol. The van der Waals surface area contributed by atoms with E-state index in [4.69, 9.17) is 4.74 Å². The van der Waals surface area contributed by atoms with Crippen LogP contribution in [0.5, 0.6) is 0 Å². The van der Waals surface area contributed by atoms with Crippen molar-refractivity contribution in [2.75, 3.05) is 14.2 Å². The third-order valence-electron chi connectivity index (χ3n) is 2.89. The van der Waals surface area contributed by atoms with Gasteiger partial charge in [0.1, 0.15) is 0 Å². The molecule has 0 bridgehead atoms. The number of ether oxygens (including phenoxy) is 2. The van der Waals surface area contributed by atoms with Gasteiger partial charge in [0.25, 0.3) is 0 Å². The number of esters is 2. The predicted molar refractivity (Wildman–Crippen MR) is 70.0 cm³/mol. The molecule has 0 spiro atoms. The van der Waals surface area contributed by atoms with Crippen LogP contribution in [0.4, 0.5) is 0 Å². The molecule has 0 heterocycles. The van der Waals surface area contributed by atoms with Crippen molar-refractivity contribution in [1.29, 1.82) is 0 Å². The van der Waals surface area contributed by atoms with E-state index in [0.717, 1.165) is 12.8 Å². The molecule has 0 saturated heterocycles. The van der Waals surface area contributed by atoms with E-state index in [1.54, 1.807) is 13.0 Å². The Hall–Kier alpha value is -1.32. The Morgan fingerprint density at radius 3 is 2.11 bits per heavy atom. The maximum absolute atomic E-state index is 11.7. The van der Waals surface area contributed by atoms with Crippen molar-refractivity contribution < 1.29 is 19.1 Å². The van der Waals surface area contributed by atoms with Gasteiger partial charge in [0.15, 0.2) is 0 Å². The van der Waals surface area contributed by atoms with E-state index in [1.807, 2.05) is 0 Å². The fraction of sp³-hybridized carbons (Fsp3) is 0.714. The van der Waals surface area contributed by atoms with E-state index in [0.29, 0.717) is 17.9 Å². The number of rotatable bonds is 7. The van der Waals surface area contributed by atoms with Gasteiger partial charge in [-0.1, -0.05) is 26.3 Å². The summed E-state index contributed by atoms with van der Waals surface area (Å²) < 4.78 is 9.47. The third kappa shape index (κ3) is 5.84. The molecule has 0 rings (SSSR count). The average Bonchev–Trinajstić information content (AvgIpc) is 2.37. The van der Waals surface area contributed by atoms with E-state index in [9.17, 15) is 9.59 Å². The first-order valence-electron chi connectivity index (χ1n) is 6.27. The summed E-state index contributed by atoms with van der Waals surface area (Å²) in [5.74, 6) is -0.401. The number of carbonyl (C=O) groups is 2. The van der Waals surface area contributed by atoms with Crippen LogP contribution < -0.4 is 0 Å². The molecule has 1 atom stereocenters. The lowest BCUT2D eigenvalue weighted by Crippen LogP contribution is -2.20. The molecule has 0 aliphatic carbocycles. The second kappa shape index (κ2) is 8.72. The molecule has 0 fully saturated rings. The molecule has 4 nitrogen and oxygen atoms in total. The van der Waals surface area contributed by atoms with Gasteiger partial charge in [-0.2, -0.15) is 0 Å². The summed E-state index contributed by atoms with van der Waals surface area (Å²) in [6.07, 6.45) is 3.72. The number of carbonyl (C=O) groups excluding carboxylic acids is 2. The zero-order valence-electron chi connectivity index (χ0n) is 12.0. The van der Waals surface area contributed by atoms with Crippen LogP contribution in [0, 0.1) is 11.8 Å². The zero-order chi connectivity index (χ0) is 14.1. The Morgan fingerprint density at radius 1 is 1.11 bits per heavy atom. The molecule has 0 aromatic heterocycles. The molecule has 0 aliphatic rings. The minimum atomic E-state index is -0.379. The Kier molecular flexibility index (Phi) is 8.08. The number of allylic oxidation sites excluding steroid dienone is 1. The van der Waals surface area contributed by atoms with Crippen LogP contribution in [-0.2, 0) is 19.1 Å². The molecule has 1 unspecified atom stereocenters. The first kappa shape index (κ1) is 16.7. The molecular weight excluding hydrogens is 232 g/mol. The highest BCUT2D eigenvalue weighted by atomic mass is 16.5. The Morgan fingerprint density at radius 2 is 1.72 bits per heavy atom. The number of hydrogen-bond donors (Lipinski definition) is 0. The normalized spacial score (nSPS) is 13.3. The van der Waals surface area contributed by atoms with Gasteiger partial charge in [-0.25, -0.2) is 4.79 Å². The molecule has 0 aromatic carbocycles. The van der Waals surface area contributed by atoms with Crippen molar-refractivity contribution in [2.45, 2.75) is 40.0 Å². The van der Waals surface area contributed by atoms with Gasteiger partial charge in [-0.15, -0.1) is 0 Å². The predicted octanol–water partition coefficient (Wildman–Crippen LogP) is 2.72. The van der Waals surface area contributed by atoms with E-state index in [2.05, 4.69) is 18.6 Å². The first-order valence-corrected chi connectivity index (χ1v) is 6.27. The smallest absolute Gasteiger partial charge is 0.333 e. The van der Waals surface area contributed by atoms with Crippen LogP contribution in [0.15, 0.2) is 11.6 Å². The maximum atomic E-state index is 11.7. The first-order chi connectivity index (χ1) is 8.46. The minimum Gasteiger partial charge on any atom is -0.469 e. The van der Waals surface area contributed by atoms with Crippen LogP contribution in [-0.4, -0.2) is 26.2 Å². The Bertz CT molecular complexity index is 305. The van der Waals surface area contributed by atoms with E-state index in [1.165, 1.54) is 14.2 Å². The number of methoxy groups -OCH3 is 2. The van der Waals surface area contributed by atoms with Crippen LogP contribution >= 0.6 is 0 Å². The van der Waals surface area contributed by atoms with Crippen molar-refractivity contribution >= 4 is 11.9 Å². The van der Waals surface area contributed by atoms with Gasteiger partial charge < -0.3 is 9.47 Å². The monoisotopic (exact) mass is 256 g/mol. The van der Waals surface area contributed by atoms with Gasteiger partial charge in [0.2, 0.25) is 0 Å². The van der Waals surface area contributed by atoms with Crippen LogP contribution in [0.1, 0.15) is 40.0 Å². The summed E-state index contributed by atoms with van der Waals surface area (Å²) in [6.45, 7) is 5.97. The second-order valence-corrected chi connectivity index (χ2v) is 4.70. The van der Waals surface area contributed by atoms with Gasteiger partial charge in [0, 0.05) is 5.57 Å². The third-order valence-corrected chi connectivity index (χ3v) is 2.89. The van der Waals surface area contributed by atoms with Crippen molar-refractivity contribution in [3.8, 4) is 0 Å². The standard InChI is InChI=1S/C14H24O4/c1-6-11(13(15)17-4)9-12(14(16)18-5)8-7-10(2)3/h6,10,12H,7-9H2,1-5H3/b11-6-. The SMILES string of the molecule is C/C=C(/CC(CCC(C)C)C(=O)OC)C(=O)OC. The highest BCUT2D eigenvalue weighted by molar-refractivity contribution is 5.89. The molecule has 0 amide bonds. The van der Waals surface area contributed by atoms with Crippen molar-refractivity contribution in [3.05, 3.63) is 11.6 Å². The lowest BCUT2D eigenvalue weighted by Gasteiger charge is -2.16. The molecule has 0 aliphatic heterocycles. The highest BCUT2D eigenvalue weighted by Crippen LogP contribution is 2.21. The van der Waals surface area contributed by atoms with Crippen LogP contribution in [0.2, 0.25) is 0 Å². The fourth-order valence-electron chi connectivity index (χ4n) is 1.72. The molecule has 0 N–H and O–H groups in total. The lowest BCUT2D eigenvalue weighted by molar-refractivity contribution is -0.146. The lowest BCUT2D eigenvalue weighted by atomic mass is 9.91. The Balaban J connectivity index is 4.66. The van der Waals surface area contributed by atoms with Gasteiger partial charge >= 0.3 is 11.9 Å². The van der Waals surface area contributed by atoms with Crippen molar-refractivity contribution in [2.24, 2.45) is 11.8 Å². The zero-order valence-corrected chi connectivity index (χ0v) is 12.0. The summed E-state index contributed by atoms with van der Waals surface area (Å²) in [5.41, 5.74) is 0.525. The topological polar surface area (TPSA) is 52.6 Å². The summed E-state index contributed by atoms with van der Waals surface area (Å²) >= 11 is 0. The molecular formula is C14H24O4.